The van der Waals surface area contributed by atoms with Gasteiger partial charge in [-0.15, -0.1) is 0 Å². The minimum atomic E-state index is -0.453. The Labute approximate surface area is 95.9 Å². The molecule has 1 N–H and O–H groups in total. The lowest BCUT2D eigenvalue weighted by Crippen LogP contribution is -2.36. The molecule has 0 saturated carbocycles. The van der Waals surface area contributed by atoms with Crippen molar-refractivity contribution in [2.75, 3.05) is 31.2 Å². The van der Waals surface area contributed by atoms with E-state index >= 15 is 0 Å². The van der Waals surface area contributed by atoms with E-state index < -0.39 is 6.10 Å². The number of hydrogen-bond donors (Lipinski definition) is 1. The van der Waals surface area contributed by atoms with Crippen LogP contribution in [0, 0.1) is 6.92 Å². The fraction of sp³-hybridized carbons (Fsp3) is 0.583. The molecule has 4 heteroatoms. The molecule has 1 aliphatic heterocycles. The molecule has 0 amide bonds. The fourth-order valence-corrected chi connectivity index (χ4v) is 1.97. The van der Waals surface area contributed by atoms with E-state index in [1.54, 1.807) is 6.92 Å². The summed E-state index contributed by atoms with van der Waals surface area (Å²) in [6, 6.07) is 3.93. The highest BCUT2D eigenvalue weighted by molar-refractivity contribution is 5.42. The molecule has 0 radical (unpaired) electrons. The molecule has 1 aromatic rings. The molecular formula is C12H18N2O2. The van der Waals surface area contributed by atoms with E-state index in [0.717, 1.165) is 43.4 Å². The van der Waals surface area contributed by atoms with Crippen LogP contribution in [-0.4, -0.2) is 36.4 Å². The standard InChI is InChI=1S/C12H18N2O2/c1-9-11(10(2)15)3-4-12(13-9)14-5-7-16-8-6-14/h3-4,10,15H,5-8H2,1-2H3/t10-/m1/s1. The molecule has 1 aliphatic rings. The Morgan fingerprint density at radius 2 is 2.06 bits per heavy atom. The molecule has 0 aliphatic carbocycles. The molecule has 0 aromatic carbocycles. The lowest BCUT2D eigenvalue weighted by atomic mass is 10.1. The van der Waals surface area contributed by atoms with Crippen LogP contribution in [0.15, 0.2) is 12.1 Å². The lowest BCUT2D eigenvalue weighted by molar-refractivity contribution is 0.122. The van der Waals surface area contributed by atoms with E-state index in [-0.39, 0.29) is 0 Å². The minimum Gasteiger partial charge on any atom is -0.389 e. The maximum atomic E-state index is 9.53. The van der Waals surface area contributed by atoms with Gasteiger partial charge in [-0.05, 0) is 19.9 Å². The van der Waals surface area contributed by atoms with Crippen LogP contribution in [0.3, 0.4) is 0 Å². The number of aliphatic hydroxyl groups excluding tert-OH is 1. The van der Waals surface area contributed by atoms with Gasteiger partial charge in [-0.2, -0.15) is 0 Å². The van der Waals surface area contributed by atoms with Crippen molar-refractivity contribution in [1.29, 1.82) is 0 Å². The zero-order valence-corrected chi connectivity index (χ0v) is 9.81. The second-order valence-electron chi connectivity index (χ2n) is 4.12. The summed E-state index contributed by atoms with van der Waals surface area (Å²) in [7, 11) is 0. The molecular weight excluding hydrogens is 204 g/mol. The molecule has 2 rings (SSSR count). The Morgan fingerprint density at radius 1 is 1.38 bits per heavy atom. The molecule has 2 heterocycles. The van der Waals surface area contributed by atoms with E-state index in [1.165, 1.54) is 0 Å². The Kier molecular flexibility index (Phi) is 3.41. The number of aryl methyl sites for hydroxylation is 1. The molecule has 4 nitrogen and oxygen atoms in total. The van der Waals surface area contributed by atoms with Gasteiger partial charge in [0.15, 0.2) is 0 Å². The summed E-state index contributed by atoms with van der Waals surface area (Å²) < 4.78 is 5.30. The maximum absolute atomic E-state index is 9.53. The Hall–Kier alpha value is -1.13. The molecule has 1 saturated heterocycles. The van der Waals surface area contributed by atoms with Crippen LogP contribution in [0.2, 0.25) is 0 Å². The van der Waals surface area contributed by atoms with Crippen molar-refractivity contribution >= 4 is 5.82 Å². The number of morpholine rings is 1. The highest BCUT2D eigenvalue weighted by Gasteiger charge is 2.14. The van der Waals surface area contributed by atoms with Crippen molar-refractivity contribution in [3.8, 4) is 0 Å². The number of rotatable bonds is 2. The molecule has 0 spiro atoms. The number of aromatic nitrogens is 1. The van der Waals surface area contributed by atoms with Crippen LogP contribution in [0.5, 0.6) is 0 Å². The van der Waals surface area contributed by atoms with Crippen molar-refractivity contribution < 1.29 is 9.84 Å². The number of ether oxygens (including phenoxy) is 1. The Morgan fingerprint density at radius 3 is 2.62 bits per heavy atom. The van der Waals surface area contributed by atoms with Crippen LogP contribution >= 0.6 is 0 Å². The number of anilines is 1. The van der Waals surface area contributed by atoms with Gasteiger partial charge in [-0.25, -0.2) is 4.98 Å². The summed E-state index contributed by atoms with van der Waals surface area (Å²) in [6.07, 6.45) is -0.453. The molecule has 1 aromatic heterocycles. The Balaban J connectivity index is 2.19. The smallest absolute Gasteiger partial charge is 0.128 e. The van der Waals surface area contributed by atoms with Gasteiger partial charge in [0.2, 0.25) is 0 Å². The largest absolute Gasteiger partial charge is 0.389 e. The molecule has 1 fully saturated rings. The normalized spacial score (nSPS) is 18.6. The van der Waals surface area contributed by atoms with Gasteiger partial charge in [-0.3, -0.25) is 0 Å². The van der Waals surface area contributed by atoms with Gasteiger partial charge >= 0.3 is 0 Å². The zero-order valence-electron chi connectivity index (χ0n) is 9.81. The van der Waals surface area contributed by atoms with Crippen LogP contribution in [0.4, 0.5) is 5.82 Å². The molecule has 1 atom stereocenters. The number of hydrogen-bond acceptors (Lipinski definition) is 4. The quantitative estimate of drug-likeness (QED) is 0.818. The molecule has 0 bridgehead atoms. The van der Waals surface area contributed by atoms with Crippen molar-refractivity contribution in [1.82, 2.24) is 4.98 Å². The van der Waals surface area contributed by atoms with Gasteiger partial charge in [0.25, 0.3) is 0 Å². The molecule has 88 valence electrons. The van der Waals surface area contributed by atoms with Gasteiger partial charge < -0.3 is 14.7 Å². The predicted octanol–water partition coefficient (Wildman–Crippen LogP) is 1.28. The third kappa shape index (κ3) is 2.33. The summed E-state index contributed by atoms with van der Waals surface area (Å²) in [6.45, 7) is 7.00. The number of aliphatic hydroxyl groups is 1. The van der Waals surface area contributed by atoms with Gasteiger partial charge in [0, 0.05) is 24.3 Å². The summed E-state index contributed by atoms with van der Waals surface area (Å²) in [5, 5.41) is 9.53. The maximum Gasteiger partial charge on any atom is 0.128 e. The highest BCUT2D eigenvalue weighted by atomic mass is 16.5. The van der Waals surface area contributed by atoms with Crippen LogP contribution in [0.25, 0.3) is 0 Å². The van der Waals surface area contributed by atoms with Crippen molar-refractivity contribution in [2.24, 2.45) is 0 Å². The van der Waals surface area contributed by atoms with Crippen LogP contribution in [0.1, 0.15) is 24.3 Å². The summed E-state index contributed by atoms with van der Waals surface area (Å²) in [4.78, 5) is 6.74. The summed E-state index contributed by atoms with van der Waals surface area (Å²) in [5.41, 5.74) is 1.80. The number of nitrogens with zero attached hydrogens (tertiary/aromatic N) is 2. The van der Waals surface area contributed by atoms with E-state index in [2.05, 4.69) is 9.88 Å². The molecule has 16 heavy (non-hydrogen) atoms. The third-order valence-corrected chi connectivity index (χ3v) is 2.90. The first-order chi connectivity index (χ1) is 7.68. The second kappa shape index (κ2) is 4.80. The van der Waals surface area contributed by atoms with E-state index in [9.17, 15) is 5.11 Å². The Bertz CT molecular complexity index is 360. The van der Waals surface area contributed by atoms with Crippen LogP contribution < -0.4 is 4.90 Å². The average molecular weight is 222 g/mol. The number of pyridine rings is 1. The zero-order chi connectivity index (χ0) is 11.5. The van der Waals surface area contributed by atoms with Gasteiger partial charge in [-0.1, -0.05) is 6.07 Å². The lowest BCUT2D eigenvalue weighted by Gasteiger charge is -2.28. The molecule has 0 unspecified atom stereocenters. The van der Waals surface area contributed by atoms with E-state index in [1.807, 2.05) is 19.1 Å². The van der Waals surface area contributed by atoms with E-state index in [4.69, 9.17) is 4.74 Å². The summed E-state index contributed by atoms with van der Waals surface area (Å²) in [5.74, 6) is 0.977. The van der Waals surface area contributed by atoms with Crippen molar-refractivity contribution in [3.05, 3.63) is 23.4 Å². The van der Waals surface area contributed by atoms with Crippen molar-refractivity contribution in [3.63, 3.8) is 0 Å². The van der Waals surface area contributed by atoms with Crippen LogP contribution in [-0.2, 0) is 4.74 Å². The van der Waals surface area contributed by atoms with E-state index in [0.29, 0.717) is 0 Å². The third-order valence-electron chi connectivity index (χ3n) is 2.90. The van der Waals surface area contributed by atoms with Crippen molar-refractivity contribution in [2.45, 2.75) is 20.0 Å². The first-order valence-electron chi connectivity index (χ1n) is 5.67. The van der Waals surface area contributed by atoms with Gasteiger partial charge in [0.05, 0.1) is 19.3 Å². The average Bonchev–Trinajstić information content (AvgIpc) is 2.29. The first kappa shape index (κ1) is 11.4. The summed E-state index contributed by atoms with van der Waals surface area (Å²) >= 11 is 0. The second-order valence-corrected chi connectivity index (χ2v) is 4.12. The monoisotopic (exact) mass is 222 g/mol. The highest BCUT2D eigenvalue weighted by Crippen LogP contribution is 2.20. The predicted molar refractivity (Wildman–Crippen MR) is 62.6 cm³/mol. The fourth-order valence-electron chi connectivity index (χ4n) is 1.97. The SMILES string of the molecule is Cc1nc(N2CCOCC2)ccc1[C@@H](C)O. The van der Waals surface area contributed by atoms with Gasteiger partial charge in [0.1, 0.15) is 5.82 Å². The minimum absolute atomic E-state index is 0.453. The first-order valence-corrected chi connectivity index (χ1v) is 5.67. The topological polar surface area (TPSA) is 45.6 Å².